The van der Waals surface area contributed by atoms with E-state index in [9.17, 15) is 19.4 Å². The molecule has 33 heavy (non-hydrogen) atoms. The fourth-order valence-corrected chi connectivity index (χ4v) is 5.60. The van der Waals surface area contributed by atoms with Crippen molar-refractivity contribution in [3.63, 3.8) is 0 Å². The van der Waals surface area contributed by atoms with Crippen molar-refractivity contribution >= 4 is 52.9 Å². The average Bonchev–Trinajstić information content (AvgIpc) is 2.76. The number of fused-ring (bicyclic) bond motifs is 1. The Labute approximate surface area is 220 Å². The maximum atomic E-state index is 13.7. The van der Waals surface area contributed by atoms with Crippen LogP contribution in [0.1, 0.15) is 50.7 Å². The molecule has 0 saturated heterocycles. The second kappa shape index (κ2) is 12.3. The third-order valence-corrected chi connectivity index (χ3v) is 7.67. The molecule has 0 unspecified atom stereocenters. The van der Waals surface area contributed by atoms with Crippen molar-refractivity contribution in [2.45, 2.75) is 61.4 Å². The summed E-state index contributed by atoms with van der Waals surface area (Å²) in [6, 6.07) is 14.6. The second-order valence-electron chi connectivity index (χ2n) is 8.01. The first-order valence-corrected chi connectivity index (χ1v) is 11.7. The first kappa shape index (κ1) is 27.8. The molecule has 0 bridgehead atoms. The topological polar surface area (TPSA) is 77.8 Å². The van der Waals surface area contributed by atoms with Gasteiger partial charge in [-0.2, -0.15) is 0 Å². The molecule has 0 fully saturated rings. The van der Waals surface area contributed by atoms with Gasteiger partial charge in [-0.15, -0.1) is 11.8 Å². The fraction of sp³-hybridized carbons (Fsp3) is 0.346. The summed E-state index contributed by atoms with van der Waals surface area (Å²) in [6.45, 7) is 4.27. The Hall–Kier alpha value is -1.41. The van der Waals surface area contributed by atoms with Gasteiger partial charge < -0.3 is 15.3 Å². The third kappa shape index (κ3) is 6.59. The number of rotatable bonds is 9. The molecule has 0 spiro atoms. The molecule has 1 aliphatic heterocycles. The smallest absolute Gasteiger partial charge is 0.305 e. The van der Waals surface area contributed by atoms with Crippen molar-refractivity contribution in [1.29, 1.82) is 0 Å². The quantitative estimate of drug-likeness (QED) is 0.439. The molecular weight excluding hydrogens is 450 g/mol. The maximum absolute atomic E-state index is 13.7. The number of aliphatic hydroxyl groups is 2. The molecule has 2 aromatic carbocycles. The second-order valence-corrected chi connectivity index (χ2v) is 9.43. The van der Waals surface area contributed by atoms with Crippen LogP contribution >= 0.6 is 11.8 Å². The zero-order chi connectivity index (χ0) is 23.3. The molecule has 4 nitrogen and oxygen atoms in total. The Morgan fingerprint density at radius 2 is 1.73 bits per heavy atom. The van der Waals surface area contributed by atoms with Gasteiger partial charge in [0.25, 0.3) is 0 Å². The zero-order valence-corrected chi connectivity index (χ0v) is 22.1. The minimum Gasteiger partial charge on any atom is -0.481 e. The van der Waals surface area contributed by atoms with E-state index in [1.54, 1.807) is 30.0 Å². The van der Waals surface area contributed by atoms with Crippen LogP contribution in [0.5, 0.6) is 0 Å². The Bertz CT molecular complexity index is 1020. The monoisotopic (exact) mass is 479 g/mol. The predicted octanol–water partition coefficient (Wildman–Crippen LogP) is 5.05. The number of benzene rings is 2. The van der Waals surface area contributed by atoms with Crippen molar-refractivity contribution in [2.24, 2.45) is 0 Å². The number of carboxylic acid groups (broad SMARTS) is 1. The average molecular weight is 480 g/mol. The van der Waals surface area contributed by atoms with Gasteiger partial charge in [0.2, 0.25) is 0 Å². The molecule has 3 N–H and O–H groups in total. The number of aliphatic hydroxyl groups excluding tert-OH is 2. The number of hydrogen-bond acceptors (Lipinski definition) is 4. The molecule has 0 amide bonds. The number of thioether (sulfide) groups is 1. The molecule has 1 aliphatic rings. The third-order valence-electron chi connectivity index (χ3n) is 5.91. The van der Waals surface area contributed by atoms with Crippen molar-refractivity contribution in [3.05, 3.63) is 83.2 Å². The molecule has 0 aromatic heterocycles. The van der Waals surface area contributed by atoms with Gasteiger partial charge >= 0.3 is 5.97 Å². The van der Waals surface area contributed by atoms with Gasteiger partial charge in [-0.25, -0.2) is 4.39 Å². The first-order valence-electron chi connectivity index (χ1n) is 10.8. The first-order chi connectivity index (χ1) is 15.3. The summed E-state index contributed by atoms with van der Waals surface area (Å²) in [6.07, 6.45) is 2.64. The minimum absolute atomic E-state index is 0. The van der Waals surface area contributed by atoms with Gasteiger partial charge in [-0.1, -0.05) is 56.3 Å². The number of carbonyl (C=O) groups is 1. The van der Waals surface area contributed by atoms with Crippen LogP contribution in [0.15, 0.2) is 71.2 Å². The van der Waals surface area contributed by atoms with Crippen LogP contribution in [0.3, 0.4) is 0 Å². The molecule has 7 heteroatoms. The van der Waals surface area contributed by atoms with Crippen LogP contribution < -0.4 is 0 Å². The number of allylic oxidation sites excluding steroid dienone is 1. The normalized spacial score (nSPS) is 16.8. The van der Waals surface area contributed by atoms with E-state index in [1.807, 2.05) is 18.2 Å². The summed E-state index contributed by atoms with van der Waals surface area (Å²) in [5.41, 5.74) is 3.98. The summed E-state index contributed by atoms with van der Waals surface area (Å²) in [4.78, 5) is 12.0. The van der Waals surface area contributed by atoms with Crippen molar-refractivity contribution in [3.8, 4) is 0 Å². The van der Waals surface area contributed by atoms with Crippen molar-refractivity contribution in [1.82, 2.24) is 0 Å². The van der Waals surface area contributed by atoms with Crippen molar-refractivity contribution < 1.29 is 24.5 Å². The molecule has 171 valence electrons. The summed E-state index contributed by atoms with van der Waals surface area (Å²) in [5, 5.41) is 29.2. The van der Waals surface area contributed by atoms with Crippen LogP contribution in [0, 0.1) is 5.82 Å². The Kier molecular flexibility index (Phi) is 10.4. The number of hydrogen-bond donors (Lipinski definition) is 3. The summed E-state index contributed by atoms with van der Waals surface area (Å²) in [7, 11) is 0. The predicted molar refractivity (Wildman–Crippen MR) is 132 cm³/mol. The molecule has 1 radical (unpaired) electrons. The van der Waals surface area contributed by atoms with E-state index < -0.39 is 24.6 Å². The largest absolute Gasteiger partial charge is 0.481 e. The van der Waals surface area contributed by atoms with Crippen LogP contribution in [0.25, 0.3) is 5.57 Å². The minimum atomic E-state index is -1.12. The standard InChI is InChI=1S/C26H29FO4S.Na/c1-3-26(4-2)22(14-13-19(28)15-20(29)16-24(30)31)25(17-9-11-18(27)12-10-17)21-7-5-6-8-23(21)32-26;/h5-14,19-20,28-29H,3-4,15-16H2,1-2H3,(H,30,31);/t19-,20-;/m1./s1. The van der Waals surface area contributed by atoms with Crippen LogP contribution in [-0.4, -0.2) is 67.8 Å². The van der Waals surface area contributed by atoms with E-state index >= 15 is 0 Å². The van der Waals surface area contributed by atoms with Gasteiger partial charge in [-0.3, -0.25) is 4.79 Å². The maximum Gasteiger partial charge on any atom is 0.305 e. The van der Waals surface area contributed by atoms with Gasteiger partial charge in [0.1, 0.15) is 5.82 Å². The van der Waals surface area contributed by atoms with Gasteiger partial charge in [0.05, 0.1) is 18.6 Å². The van der Waals surface area contributed by atoms with E-state index in [2.05, 4.69) is 26.0 Å². The molecule has 0 aliphatic carbocycles. The van der Waals surface area contributed by atoms with E-state index in [1.165, 1.54) is 12.1 Å². The molecule has 2 atom stereocenters. The Morgan fingerprint density at radius 3 is 2.33 bits per heavy atom. The zero-order valence-electron chi connectivity index (χ0n) is 19.3. The van der Waals surface area contributed by atoms with Gasteiger partial charge in [-0.05, 0) is 53.3 Å². The summed E-state index contributed by atoms with van der Waals surface area (Å²) in [5.74, 6) is -1.41. The van der Waals surface area contributed by atoms with Crippen molar-refractivity contribution in [2.75, 3.05) is 0 Å². The Morgan fingerprint density at radius 1 is 1.09 bits per heavy atom. The van der Waals surface area contributed by atoms with E-state index in [-0.39, 0.29) is 46.5 Å². The number of carboxylic acids is 1. The van der Waals surface area contributed by atoms with Gasteiger partial charge in [0.15, 0.2) is 0 Å². The van der Waals surface area contributed by atoms with Gasteiger partial charge in [0, 0.05) is 45.6 Å². The van der Waals surface area contributed by atoms with E-state index in [0.29, 0.717) is 0 Å². The molecule has 2 aromatic rings. The summed E-state index contributed by atoms with van der Waals surface area (Å²) < 4.78 is 13.4. The number of halogens is 1. The molecule has 1 heterocycles. The molecule has 3 rings (SSSR count). The van der Waals surface area contributed by atoms with Crippen LogP contribution in [-0.2, 0) is 4.79 Å². The fourth-order valence-electron chi connectivity index (χ4n) is 4.19. The molecule has 0 saturated carbocycles. The SMILES string of the molecule is CCC1(CC)Sc2ccccc2C(c2ccc(F)cc2)=C1C=C[C@@H](O)C[C@@H](O)CC(=O)O.[Na]. The van der Waals surface area contributed by atoms with Crippen LogP contribution in [0.2, 0.25) is 0 Å². The van der Waals surface area contributed by atoms with E-state index in [4.69, 9.17) is 5.11 Å². The van der Waals surface area contributed by atoms with Crippen LogP contribution in [0.4, 0.5) is 4.39 Å². The molecular formula is C26H29FNaO4S. The number of aliphatic carboxylic acids is 1. The van der Waals surface area contributed by atoms with E-state index in [0.717, 1.165) is 40.0 Å². The Balaban J connectivity index is 0.00000385. The summed E-state index contributed by atoms with van der Waals surface area (Å²) >= 11 is 1.80.